The highest BCUT2D eigenvalue weighted by Gasteiger charge is 2.38. The molecule has 0 saturated heterocycles. The molecule has 6 aromatic rings. The molecule has 0 aromatic heterocycles. The van der Waals surface area contributed by atoms with Crippen molar-refractivity contribution in [1.29, 1.82) is 0 Å². The molecule has 2 aliphatic rings. The van der Waals surface area contributed by atoms with E-state index in [1.807, 2.05) is 0 Å². The standard InChI is InChI=1S/C48H47N/c1-30-17-19-32(20-18-30)36-15-12-13-31(2)45(36)49(34-22-25-39-37-14-10-11-16-41(37)47(6,7)43(39)28-34)35-23-26-40-38-24-21-33(46(3,4)5)27-42(38)48(8,9)44(40)29-35/h10-29H,1-9H3. The van der Waals surface area contributed by atoms with Gasteiger partial charge < -0.3 is 4.90 Å². The van der Waals surface area contributed by atoms with E-state index in [1.54, 1.807) is 0 Å². The van der Waals surface area contributed by atoms with Crippen molar-refractivity contribution < 1.29 is 0 Å². The molecular weight excluding hydrogens is 591 g/mol. The summed E-state index contributed by atoms with van der Waals surface area (Å²) in [7, 11) is 0. The number of rotatable bonds is 4. The van der Waals surface area contributed by atoms with Crippen molar-refractivity contribution in [3.05, 3.63) is 160 Å². The van der Waals surface area contributed by atoms with E-state index in [1.165, 1.54) is 89.4 Å². The number of hydrogen-bond acceptors (Lipinski definition) is 1. The molecule has 0 N–H and O–H groups in total. The van der Waals surface area contributed by atoms with Gasteiger partial charge in [0.05, 0.1) is 5.69 Å². The predicted molar refractivity (Wildman–Crippen MR) is 210 cm³/mol. The number of anilines is 3. The Bertz CT molecular complexity index is 2270. The van der Waals surface area contributed by atoms with Crippen molar-refractivity contribution in [2.24, 2.45) is 0 Å². The minimum Gasteiger partial charge on any atom is -0.310 e. The Hall–Kier alpha value is -4.88. The van der Waals surface area contributed by atoms with Gasteiger partial charge in [-0.05, 0) is 105 Å². The molecule has 1 nitrogen and oxygen atoms in total. The van der Waals surface area contributed by atoms with E-state index in [9.17, 15) is 0 Å². The fourth-order valence-corrected chi connectivity index (χ4v) is 8.49. The average molecular weight is 638 g/mol. The van der Waals surface area contributed by atoms with Gasteiger partial charge >= 0.3 is 0 Å². The van der Waals surface area contributed by atoms with Gasteiger partial charge in [0.15, 0.2) is 0 Å². The number of fused-ring (bicyclic) bond motifs is 6. The lowest BCUT2D eigenvalue weighted by Gasteiger charge is -2.32. The summed E-state index contributed by atoms with van der Waals surface area (Å²) in [6.45, 7) is 20.9. The Balaban J connectivity index is 1.36. The van der Waals surface area contributed by atoms with Gasteiger partial charge in [-0.2, -0.15) is 0 Å². The van der Waals surface area contributed by atoms with Gasteiger partial charge in [-0.25, -0.2) is 0 Å². The fourth-order valence-electron chi connectivity index (χ4n) is 8.49. The average Bonchev–Trinajstić information content (AvgIpc) is 3.44. The Morgan fingerprint density at radius 2 is 0.980 bits per heavy atom. The number of hydrogen-bond donors (Lipinski definition) is 0. The molecule has 244 valence electrons. The number of nitrogens with zero attached hydrogens (tertiary/aromatic N) is 1. The van der Waals surface area contributed by atoms with Crippen molar-refractivity contribution in [3.63, 3.8) is 0 Å². The second-order valence-electron chi connectivity index (χ2n) is 16.4. The first-order chi connectivity index (χ1) is 23.3. The third-order valence-corrected chi connectivity index (χ3v) is 11.4. The van der Waals surface area contributed by atoms with Crippen LogP contribution >= 0.6 is 0 Å². The van der Waals surface area contributed by atoms with E-state index in [0.29, 0.717) is 0 Å². The van der Waals surface area contributed by atoms with Crippen LogP contribution < -0.4 is 4.90 Å². The summed E-state index contributed by atoms with van der Waals surface area (Å²) in [5, 5.41) is 0. The zero-order valence-corrected chi connectivity index (χ0v) is 30.5. The smallest absolute Gasteiger partial charge is 0.0569 e. The summed E-state index contributed by atoms with van der Waals surface area (Å²) in [6.07, 6.45) is 0. The first-order valence-electron chi connectivity index (χ1n) is 17.8. The van der Waals surface area contributed by atoms with Crippen LogP contribution in [0.4, 0.5) is 17.1 Å². The highest BCUT2D eigenvalue weighted by molar-refractivity contribution is 5.93. The quantitative estimate of drug-likeness (QED) is 0.186. The van der Waals surface area contributed by atoms with Gasteiger partial charge in [-0.15, -0.1) is 0 Å². The maximum Gasteiger partial charge on any atom is 0.0569 e. The molecule has 6 aromatic carbocycles. The Labute approximate surface area is 293 Å². The van der Waals surface area contributed by atoms with E-state index >= 15 is 0 Å². The summed E-state index contributed by atoms with van der Waals surface area (Å²) >= 11 is 0. The van der Waals surface area contributed by atoms with Crippen LogP contribution in [0.5, 0.6) is 0 Å². The molecular formula is C48H47N. The van der Waals surface area contributed by atoms with Crippen LogP contribution in [0.3, 0.4) is 0 Å². The Morgan fingerprint density at radius 3 is 1.59 bits per heavy atom. The molecule has 0 unspecified atom stereocenters. The van der Waals surface area contributed by atoms with Crippen LogP contribution in [0, 0.1) is 13.8 Å². The number of benzene rings is 6. The monoisotopic (exact) mass is 637 g/mol. The van der Waals surface area contributed by atoms with Gasteiger partial charge in [0, 0.05) is 27.8 Å². The van der Waals surface area contributed by atoms with Gasteiger partial charge in [0.25, 0.3) is 0 Å². The highest BCUT2D eigenvalue weighted by Crippen LogP contribution is 2.54. The van der Waals surface area contributed by atoms with E-state index in [4.69, 9.17) is 0 Å². The van der Waals surface area contributed by atoms with E-state index in [2.05, 4.69) is 189 Å². The van der Waals surface area contributed by atoms with Gasteiger partial charge in [0.2, 0.25) is 0 Å². The first-order valence-corrected chi connectivity index (χ1v) is 17.8. The lowest BCUT2D eigenvalue weighted by Crippen LogP contribution is -2.19. The summed E-state index contributed by atoms with van der Waals surface area (Å²) in [5.74, 6) is 0. The van der Waals surface area contributed by atoms with Crippen molar-refractivity contribution in [2.45, 2.75) is 78.6 Å². The van der Waals surface area contributed by atoms with Crippen molar-refractivity contribution in [2.75, 3.05) is 4.90 Å². The zero-order chi connectivity index (χ0) is 34.5. The molecule has 0 amide bonds. The van der Waals surface area contributed by atoms with Gasteiger partial charge in [-0.1, -0.05) is 151 Å². The molecule has 1 heteroatoms. The molecule has 0 fully saturated rings. The molecule has 0 heterocycles. The molecule has 0 saturated carbocycles. The number of para-hydroxylation sites is 1. The predicted octanol–water partition coefficient (Wildman–Crippen LogP) is 13.4. The van der Waals surface area contributed by atoms with Crippen molar-refractivity contribution >= 4 is 17.1 Å². The third kappa shape index (κ3) is 4.81. The van der Waals surface area contributed by atoms with Crippen molar-refractivity contribution in [1.82, 2.24) is 0 Å². The third-order valence-electron chi connectivity index (χ3n) is 11.4. The van der Waals surface area contributed by atoms with Crippen LogP contribution in [0.2, 0.25) is 0 Å². The summed E-state index contributed by atoms with van der Waals surface area (Å²) < 4.78 is 0. The second-order valence-corrected chi connectivity index (χ2v) is 16.4. The van der Waals surface area contributed by atoms with Crippen molar-refractivity contribution in [3.8, 4) is 33.4 Å². The Kier molecular flexibility index (Phi) is 6.93. The first kappa shape index (κ1) is 31.4. The molecule has 0 aliphatic heterocycles. The maximum absolute atomic E-state index is 2.53. The largest absolute Gasteiger partial charge is 0.310 e. The lowest BCUT2D eigenvalue weighted by atomic mass is 9.79. The van der Waals surface area contributed by atoms with Crippen LogP contribution in [-0.4, -0.2) is 0 Å². The number of aryl methyl sites for hydroxylation is 2. The minimum absolute atomic E-state index is 0.0918. The summed E-state index contributed by atoms with van der Waals surface area (Å²) in [6, 6.07) is 46.2. The molecule has 0 spiro atoms. The van der Waals surface area contributed by atoms with Crippen LogP contribution in [0.25, 0.3) is 33.4 Å². The van der Waals surface area contributed by atoms with E-state index in [0.717, 1.165) is 0 Å². The lowest BCUT2D eigenvalue weighted by molar-refractivity contribution is 0.584. The Morgan fingerprint density at radius 1 is 0.469 bits per heavy atom. The fraction of sp³-hybridized carbons (Fsp3) is 0.250. The van der Waals surface area contributed by atoms with Crippen LogP contribution in [0.1, 0.15) is 87.4 Å². The summed E-state index contributed by atoms with van der Waals surface area (Å²) in [4.78, 5) is 2.53. The van der Waals surface area contributed by atoms with Gasteiger partial charge in [0.1, 0.15) is 0 Å². The highest BCUT2D eigenvalue weighted by atomic mass is 15.1. The normalized spacial score (nSPS) is 15.0. The van der Waals surface area contributed by atoms with Gasteiger partial charge in [-0.3, -0.25) is 0 Å². The molecule has 0 atom stereocenters. The SMILES string of the molecule is Cc1ccc(-c2cccc(C)c2N(c2ccc3c(c2)C(C)(C)c2ccccc2-3)c2ccc3c(c2)C(C)(C)c2cc(C(C)(C)C)ccc2-3)cc1. The molecule has 2 aliphatic carbocycles. The molecule has 8 rings (SSSR count). The van der Waals surface area contributed by atoms with Crippen LogP contribution in [-0.2, 0) is 16.2 Å². The zero-order valence-electron chi connectivity index (χ0n) is 30.5. The second kappa shape index (κ2) is 10.8. The molecule has 0 bridgehead atoms. The molecule has 0 radical (unpaired) electrons. The van der Waals surface area contributed by atoms with Crippen LogP contribution in [0.15, 0.2) is 121 Å². The van der Waals surface area contributed by atoms with E-state index in [-0.39, 0.29) is 16.2 Å². The topological polar surface area (TPSA) is 3.24 Å². The summed E-state index contributed by atoms with van der Waals surface area (Å²) in [5.41, 5.74) is 20.8. The molecule has 49 heavy (non-hydrogen) atoms. The minimum atomic E-state index is -0.124. The van der Waals surface area contributed by atoms with E-state index < -0.39 is 0 Å². The maximum atomic E-state index is 2.53.